The molecule has 0 aliphatic carbocycles. The molecule has 0 aromatic heterocycles. The smallest absolute Gasteiger partial charge is 0.128 e. The van der Waals surface area contributed by atoms with E-state index in [0.717, 1.165) is 0 Å². The van der Waals surface area contributed by atoms with Gasteiger partial charge in [0.15, 0.2) is 0 Å². The maximum atomic E-state index is 12.9. The summed E-state index contributed by atoms with van der Waals surface area (Å²) in [5.74, 6) is 0.113. The molecule has 1 heterocycles. The Labute approximate surface area is 82.3 Å². The predicted octanol–water partition coefficient (Wildman–Crippen LogP) is 2.42. The Morgan fingerprint density at radius 3 is 2.93 bits per heavy atom. The molecule has 0 bridgehead atoms. The third-order valence-electron chi connectivity index (χ3n) is 2.41. The van der Waals surface area contributed by atoms with Crippen molar-refractivity contribution in [1.29, 1.82) is 0 Å². The number of benzene rings is 1. The highest BCUT2D eigenvalue weighted by molar-refractivity contribution is 5.38. The van der Waals surface area contributed by atoms with Gasteiger partial charge in [0.25, 0.3) is 0 Å². The largest absolute Gasteiger partial charge is 0.487 e. The highest BCUT2D eigenvalue weighted by atomic mass is 19.1. The normalized spacial score (nSPS) is 23.9. The maximum absolute atomic E-state index is 12.9. The van der Waals surface area contributed by atoms with Crippen LogP contribution in [0.1, 0.15) is 31.9 Å². The van der Waals surface area contributed by atoms with Crippen molar-refractivity contribution < 1.29 is 14.2 Å². The molecule has 0 radical (unpaired) electrons. The van der Waals surface area contributed by atoms with Gasteiger partial charge in [0.05, 0.1) is 6.10 Å². The maximum Gasteiger partial charge on any atom is 0.128 e. The van der Waals surface area contributed by atoms with Crippen LogP contribution >= 0.6 is 0 Å². The van der Waals surface area contributed by atoms with E-state index in [1.807, 2.05) is 13.8 Å². The molecule has 0 saturated heterocycles. The van der Waals surface area contributed by atoms with Crippen molar-refractivity contribution in [3.05, 3.63) is 29.6 Å². The zero-order chi connectivity index (χ0) is 10.3. The molecule has 1 atom stereocenters. The lowest BCUT2D eigenvalue weighted by molar-refractivity contribution is 0.0112. The fourth-order valence-corrected chi connectivity index (χ4v) is 1.79. The molecule has 0 saturated carbocycles. The van der Waals surface area contributed by atoms with E-state index in [9.17, 15) is 9.50 Å². The number of aliphatic hydroxyl groups excluding tert-OH is 1. The summed E-state index contributed by atoms with van der Waals surface area (Å²) in [6.07, 6.45) is -0.0274. The average molecular weight is 196 g/mol. The van der Waals surface area contributed by atoms with Gasteiger partial charge in [-0.15, -0.1) is 0 Å². The number of fused-ring (bicyclic) bond motifs is 1. The number of ether oxygens (including phenoxy) is 1. The SMILES string of the molecule is CC1(C)CC(O)c2ccc(F)cc2O1. The van der Waals surface area contributed by atoms with Gasteiger partial charge in [-0.1, -0.05) is 0 Å². The van der Waals surface area contributed by atoms with Crippen molar-refractivity contribution in [3.63, 3.8) is 0 Å². The zero-order valence-corrected chi connectivity index (χ0v) is 8.25. The van der Waals surface area contributed by atoms with Crippen LogP contribution in [0.5, 0.6) is 5.75 Å². The summed E-state index contributed by atoms with van der Waals surface area (Å²) in [6.45, 7) is 3.76. The topological polar surface area (TPSA) is 29.5 Å². The van der Waals surface area contributed by atoms with Crippen molar-refractivity contribution >= 4 is 0 Å². The lowest BCUT2D eigenvalue weighted by Gasteiger charge is -2.35. The van der Waals surface area contributed by atoms with Crippen LogP contribution in [0.15, 0.2) is 18.2 Å². The Morgan fingerprint density at radius 1 is 1.50 bits per heavy atom. The molecule has 1 aromatic carbocycles. The fraction of sp³-hybridized carbons (Fsp3) is 0.455. The standard InChI is InChI=1S/C11H13FO2/c1-11(2)6-9(13)8-4-3-7(12)5-10(8)14-11/h3-5,9,13H,6H2,1-2H3. The molecular weight excluding hydrogens is 183 g/mol. The zero-order valence-electron chi connectivity index (χ0n) is 8.25. The van der Waals surface area contributed by atoms with Crippen molar-refractivity contribution in [1.82, 2.24) is 0 Å². The van der Waals surface area contributed by atoms with Crippen LogP contribution in [-0.2, 0) is 0 Å². The Kier molecular flexibility index (Phi) is 2.00. The van der Waals surface area contributed by atoms with Gasteiger partial charge in [0.1, 0.15) is 17.2 Å². The van der Waals surface area contributed by atoms with Gasteiger partial charge in [0, 0.05) is 18.1 Å². The van der Waals surface area contributed by atoms with Gasteiger partial charge >= 0.3 is 0 Å². The van der Waals surface area contributed by atoms with Gasteiger partial charge in [-0.3, -0.25) is 0 Å². The van der Waals surface area contributed by atoms with Crippen molar-refractivity contribution in [2.45, 2.75) is 32.0 Å². The van der Waals surface area contributed by atoms with Crippen molar-refractivity contribution in [2.24, 2.45) is 0 Å². The van der Waals surface area contributed by atoms with E-state index in [0.29, 0.717) is 17.7 Å². The van der Waals surface area contributed by atoms with Crippen molar-refractivity contribution in [3.8, 4) is 5.75 Å². The molecule has 1 aliphatic rings. The molecule has 2 rings (SSSR count). The van der Waals surface area contributed by atoms with E-state index in [2.05, 4.69) is 0 Å². The number of halogens is 1. The van der Waals surface area contributed by atoms with E-state index in [1.54, 1.807) is 6.07 Å². The van der Waals surface area contributed by atoms with Gasteiger partial charge in [-0.2, -0.15) is 0 Å². The summed E-state index contributed by atoms with van der Waals surface area (Å²) >= 11 is 0. The highest BCUT2D eigenvalue weighted by Gasteiger charge is 2.32. The van der Waals surface area contributed by atoms with Gasteiger partial charge in [0.2, 0.25) is 0 Å². The van der Waals surface area contributed by atoms with Crippen LogP contribution in [0.4, 0.5) is 4.39 Å². The van der Waals surface area contributed by atoms with Gasteiger partial charge in [-0.05, 0) is 26.0 Å². The third-order valence-corrected chi connectivity index (χ3v) is 2.41. The minimum absolute atomic E-state index is 0.339. The Balaban J connectivity index is 2.46. The first-order valence-electron chi connectivity index (χ1n) is 4.64. The van der Waals surface area contributed by atoms with Crippen LogP contribution in [0.3, 0.4) is 0 Å². The molecule has 1 aliphatic heterocycles. The van der Waals surface area contributed by atoms with Crippen LogP contribution < -0.4 is 4.74 Å². The molecule has 0 amide bonds. The highest BCUT2D eigenvalue weighted by Crippen LogP contribution is 2.39. The first-order valence-corrected chi connectivity index (χ1v) is 4.64. The van der Waals surface area contributed by atoms with E-state index >= 15 is 0 Å². The van der Waals surface area contributed by atoms with E-state index in [-0.39, 0.29) is 5.82 Å². The fourth-order valence-electron chi connectivity index (χ4n) is 1.79. The summed E-state index contributed by atoms with van der Waals surface area (Å²) < 4.78 is 18.5. The van der Waals surface area contributed by atoms with Gasteiger partial charge < -0.3 is 9.84 Å². The molecule has 1 aromatic rings. The Hall–Kier alpha value is -1.09. The molecule has 1 unspecified atom stereocenters. The van der Waals surface area contributed by atoms with Crippen LogP contribution in [0.2, 0.25) is 0 Å². The molecule has 3 heteroatoms. The molecular formula is C11H13FO2. The minimum Gasteiger partial charge on any atom is -0.487 e. The van der Waals surface area contributed by atoms with Crippen LogP contribution in [0.25, 0.3) is 0 Å². The Bertz CT molecular complexity index is 360. The molecule has 14 heavy (non-hydrogen) atoms. The monoisotopic (exact) mass is 196 g/mol. The second-order valence-corrected chi connectivity index (χ2v) is 4.26. The lowest BCUT2D eigenvalue weighted by Crippen LogP contribution is -2.34. The van der Waals surface area contributed by atoms with Crippen LogP contribution in [0, 0.1) is 5.82 Å². The number of hydrogen-bond donors (Lipinski definition) is 1. The average Bonchev–Trinajstić information content (AvgIpc) is 2.00. The summed E-state index contributed by atoms with van der Waals surface area (Å²) in [7, 11) is 0. The van der Waals surface area contributed by atoms with Crippen molar-refractivity contribution in [2.75, 3.05) is 0 Å². The van der Waals surface area contributed by atoms with E-state index in [4.69, 9.17) is 4.74 Å². The van der Waals surface area contributed by atoms with Crippen LogP contribution in [-0.4, -0.2) is 10.7 Å². The first-order chi connectivity index (χ1) is 6.48. The van der Waals surface area contributed by atoms with E-state index in [1.165, 1.54) is 12.1 Å². The summed E-state index contributed by atoms with van der Waals surface area (Å²) in [6, 6.07) is 4.23. The molecule has 0 spiro atoms. The molecule has 76 valence electrons. The molecule has 1 N–H and O–H groups in total. The van der Waals surface area contributed by atoms with E-state index < -0.39 is 11.7 Å². The molecule has 0 fully saturated rings. The van der Waals surface area contributed by atoms with Gasteiger partial charge in [-0.25, -0.2) is 4.39 Å². The minimum atomic E-state index is -0.561. The summed E-state index contributed by atoms with van der Waals surface area (Å²) in [5, 5.41) is 9.79. The number of rotatable bonds is 0. The molecule has 2 nitrogen and oxygen atoms in total. The summed E-state index contributed by atoms with van der Waals surface area (Å²) in [5.41, 5.74) is 0.242. The second kappa shape index (κ2) is 2.95. The number of aliphatic hydroxyl groups is 1. The summed E-state index contributed by atoms with van der Waals surface area (Å²) in [4.78, 5) is 0. The second-order valence-electron chi connectivity index (χ2n) is 4.26. The third kappa shape index (κ3) is 1.60. The number of hydrogen-bond acceptors (Lipinski definition) is 2. The quantitative estimate of drug-likeness (QED) is 0.690. The first kappa shape index (κ1) is 9.46. The predicted molar refractivity (Wildman–Crippen MR) is 50.7 cm³/mol. The Morgan fingerprint density at radius 2 is 2.21 bits per heavy atom. The lowest BCUT2D eigenvalue weighted by atomic mass is 9.92.